The average molecular weight is 677 g/mol. The molecule has 0 spiro atoms. The van der Waals surface area contributed by atoms with Crippen LogP contribution in [0.25, 0.3) is 0 Å². The van der Waals surface area contributed by atoms with Gasteiger partial charge in [-0.05, 0) is 47.9 Å². The van der Waals surface area contributed by atoms with Gasteiger partial charge in [-0.1, -0.05) is 54.6 Å². The molecule has 1 saturated heterocycles. The molecule has 2 N–H and O–H groups in total. The molecule has 260 valence electrons. The van der Waals surface area contributed by atoms with Gasteiger partial charge in [-0.3, -0.25) is 19.1 Å². The van der Waals surface area contributed by atoms with Gasteiger partial charge in [-0.15, -0.1) is 0 Å². The SMILES string of the molecule is COCCO[C@@H]1[C@@H](COC(c2ccccc2)(c2ccc(OC)cc2)c2ccc(OC)cc2)O[C@@H](n2cc(C)c(=O)[nH]c2=O)[C@@]1(O)OC(C)=O. The molecule has 1 fully saturated rings. The summed E-state index contributed by atoms with van der Waals surface area (Å²) in [4.78, 5) is 39.9. The molecule has 4 aromatic rings. The van der Waals surface area contributed by atoms with Crippen molar-refractivity contribution in [2.45, 2.75) is 43.7 Å². The van der Waals surface area contributed by atoms with E-state index >= 15 is 0 Å². The Bertz CT molecular complexity index is 1780. The Morgan fingerprint density at radius 2 is 1.47 bits per heavy atom. The fraction of sp³-hybridized carbons (Fsp3) is 0.361. The lowest BCUT2D eigenvalue weighted by Crippen LogP contribution is -2.53. The maximum atomic E-state index is 13.1. The normalized spacial score (nSPS) is 20.6. The van der Waals surface area contributed by atoms with Gasteiger partial charge in [-0.25, -0.2) is 4.79 Å². The largest absolute Gasteiger partial charge is 0.497 e. The highest BCUT2D eigenvalue weighted by Crippen LogP contribution is 2.45. The number of esters is 1. The third kappa shape index (κ3) is 7.16. The molecular formula is C36H40N2O11. The van der Waals surface area contributed by atoms with Gasteiger partial charge >= 0.3 is 11.7 Å². The van der Waals surface area contributed by atoms with Crippen LogP contribution in [0.4, 0.5) is 0 Å². The van der Waals surface area contributed by atoms with Crippen molar-refractivity contribution in [3.8, 4) is 11.5 Å². The molecule has 0 radical (unpaired) electrons. The number of aryl methyl sites for hydroxylation is 1. The predicted molar refractivity (Wildman–Crippen MR) is 177 cm³/mol. The first kappa shape index (κ1) is 35.5. The van der Waals surface area contributed by atoms with Crippen LogP contribution in [0, 0.1) is 6.92 Å². The summed E-state index contributed by atoms with van der Waals surface area (Å²) < 4.78 is 41.9. The van der Waals surface area contributed by atoms with Gasteiger partial charge in [0.2, 0.25) is 6.23 Å². The van der Waals surface area contributed by atoms with Crippen LogP contribution in [0.2, 0.25) is 0 Å². The number of carbonyl (C=O) groups excluding carboxylic acids is 1. The topological polar surface area (TPSA) is 157 Å². The lowest BCUT2D eigenvalue weighted by molar-refractivity contribution is -0.272. The van der Waals surface area contributed by atoms with Crippen LogP contribution >= 0.6 is 0 Å². The van der Waals surface area contributed by atoms with E-state index in [2.05, 4.69) is 4.98 Å². The summed E-state index contributed by atoms with van der Waals surface area (Å²) in [5.41, 5.74) is -0.388. The van der Waals surface area contributed by atoms with E-state index in [1.165, 1.54) is 20.2 Å². The molecule has 0 bridgehead atoms. The van der Waals surface area contributed by atoms with E-state index in [0.29, 0.717) is 11.5 Å². The zero-order valence-electron chi connectivity index (χ0n) is 27.9. The van der Waals surface area contributed by atoms with Crippen molar-refractivity contribution in [3.05, 3.63) is 128 Å². The number of hydrogen-bond donors (Lipinski definition) is 2. The molecule has 3 aromatic carbocycles. The van der Waals surface area contributed by atoms with E-state index in [4.69, 9.17) is 33.2 Å². The number of nitrogens with zero attached hydrogens (tertiary/aromatic N) is 1. The van der Waals surface area contributed by atoms with Gasteiger partial charge in [0.15, 0.2) is 6.10 Å². The van der Waals surface area contributed by atoms with Crippen LogP contribution in [-0.4, -0.2) is 79.8 Å². The van der Waals surface area contributed by atoms with Gasteiger partial charge in [0.25, 0.3) is 11.3 Å². The number of H-pyrrole nitrogens is 1. The Balaban J connectivity index is 1.66. The first-order valence-corrected chi connectivity index (χ1v) is 15.6. The van der Waals surface area contributed by atoms with E-state index in [1.807, 2.05) is 78.9 Å². The van der Waals surface area contributed by atoms with Gasteiger partial charge in [0, 0.05) is 25.8 Å². The molecule has 0 unspecified atom stereocenters. The molecule has 2 heterocycles. The number of carbonyl (C=O) groups is 1. The monoisotopic (exact) mass is 676 g/mol. The molecule has 1 aliphatic heterocycles. The summed E-state index contributed by atoms with van der Waals surface area (Å²) in [7, 11) is 4.64. The molecule has 13 nitrogen and oxygen atoms in total. The van der Waals surface area contributed by atoms with Crippen LogP contribution in [0.15, 0.2) is 94.6 Å². The van der Waals surface area contributed by atoms with Crippen molar-refractivity contribution < 1.29 is 43.1 Å². The van der Waals surface area contributed by atoms with E-state index < -0.39 is 47.0 Å². The van der Waals surface area contributed by atoms with Gasteiger partial charge in [0.05, 0.1) is 34.0 Å². The maximum Gasteiger partial charge on any atom is 0.330 e. The Hall–Kier alpha value is -4.79. The zero-order chi connectivity index (χ0) is 35.2. The number of nitrogens with one attached hydrogen (secondary N) is 1. The fourth-order valence-electron chi connectivity index (χ4n) is 6.00. The number of rotatable bonds is 14. The molecule has 49 heavy (non-hydrogen) atoms. The maximum absolute atomic E-state index is 13.1. The summed E-state index contributed by atoms with van der Waals surface area (Å²) in [6, 6.07) is 24.4. The highest BCUT2D eigenvalue weighted by Gasteiger charge is 2.61. The Morgan fingerprint density at radius 3 is 2.00 bits per heavy atom. The second-order valence-corrected chi connectivity index (χ2v) is 11.5. The molecule has 13 heteroatoms. The standard InChI is InChI=1S/C36H40N2O11/c1-23-21-38(34(41)37-32(23)40)33-36(42,49-24(2)39)31(46-20-19-43-3)30(48-33)22-47-35(25-9-7-6-8-10-25,26-11-15-28(44-4)16-12-26)27-13-17-29(45-5)18-14-27/h6-18,21,30-31,33,42H,19-20,22H2,1-5H3,(H,37,40,41)/t30-,31-,33-,36+/m1/s1. The van der Waals surface area contributed by atoms with Crippen LogP contribution in [0.1, 0.15) is 35.4 Å². The van der Waals surface area contributed by atoms with Crippen LogP contribution in [0.5, 0.6) is 11.5 Å². The zero-order valence-corrected chi connectivity index (χ0v) is 27.9. The molecule has 0 saturated carbocycles. The first-order valence-electron chi connectivity index (χ1n) is 15.6. The molecule has 1 aliphatic rings. The van der Waals surface area contributed by atoms with E-state index in [0.717, 1.165) is 28.2 Å². The molecule has 0 aliphatic carbocycles. The van der Waals surface area contributed by atoms with Crippen molar-refractivity contribution in [1.29, 1.82) is 0 Å². The van der Waals surface area contributed by atoms with Gasteiger partial charge in [0.1, 0.15) is 23.2 Å². The number of aromatic amines is 1. The number of ether oxygens (including phenoxy) is 7. The van der Waals surface area contributed by atoms with Gasteiger partial charge < -0.3 is 38.3 Å². The first-order chi connectivity index (χ1) is 23.6. The number of methoxy groups -OCH3 is 3. The summed E-state index contributed by atoms with van der Waals surface area (Å²) in [5, 5.41) is 12.1. The number of aromatic nitrogens is 2. The highest BCUT2D eigenvalue weighted by atomic mass is 16.7. The lowest BCUT2D eigenvalue weighted by Gasteiger charge is -2.37. The fourth-order valence-corrected chi connectivity index (χ4v) is 6.00. The summed E-state index contributed by atoms with van der Waals surface area (Å²) in [6.45, 7) is 2.45. The molecule has 4 atom stereocenters. The van der Waals surface area contributed by atoms with Crippen LogP contribution in [0.3, 0.4) is 0 Å². The molecule has 0 amide bonds. The van der Waals surface area contributed by atoms with Crippen LogP contribution in [-0.2, 0) is 34.1 Å². The second kappa shape index (κ2) is 15.2. The minimum atomic E-state index is -2.53. The number of aliphatic hydroxyl groups is 1. The Morgan fingerprint density at radius 1 is 0.898 bits per heavy atom. The second-order valence-electron chi connectivity index (χ2n) is 11.5. The predicted octanol–water partition coefficient (Wildman–Crippen LogP) is 3.05. The highest BCUT2D eigenvalue weighted by molar-refractivity contribution is 5.66. The Labute approximate surface area is 282 Å². The summed E-state index contributed by atoms with van der Waals surface area (Å²) in [5.74, 6) is -2.11. The van der Waals surface area contributed by atoms with Crippen molar-refractivity contribution in [1.82, 2.24) is 9.55 Å². The van der Waals surface area contributed by atoms with Crippen molar-refractivity contribution in [2.24, 2.45) is 0 Å². The van der Waals surface area contributed by atoms with E-state index in [1.54, 1.807) is 14.2 Å². The summed E-state index contributed by atoms with van der Waals surface area (Å²) in [6.07, 6.45) is -2.92. The quantitative estimate of drug-likeness (QED) is 0.0876. The van der Waals surface area contributed by atoms with E-state index in [-0.39, 0.29) is 25.4 Å². The average Bonchev–Trinajstić information content (AvgIpc) is 3.37. The molecule has 5 rings (SSSR count). The van der Waals surface area contributed by atoms with E-state index in [9.17, 15) is 19.5 Å². The van der Waals surface area contributed by atoms with Gasteiger partial charge in [-0.2, -0.15) is 0 Å². The smallest absolute Gasteiger partial charge is 0.330 e. The third-order valence-electron chi connectivity index (χ3n) is 8.33. The third-order valence-corrected chi connectivity index (χ3v) is 8.33. The number of hydrogen-bond acceptors (Lipinski definition) is 11. The summed E-state index contributed by atoms with van der Waals surface area (Å²) >= 11 is 0. The van der Waals surface area contributed by atoms with Crippen molar-refractivity contribution >= 4 is 5.97 Å². The minimum absolute atomic E-state index is 0.0301. The van der Waals surface area contributed by atoms with Crippen molar-refractivity contribution in [3.63, 3.8) is 0 Å². The Kier molecular flexibility index (Phi) is 11.0. The van der Waals surface area contributed by atoms with Crippen LogP contribution < -0.4 is 20.7 Å². The van der Waals surface area contributed by atoms with Crippen molar-refractivity contribution in [2.75, 3.05) is 41.2 Å². The molecular weight excluding hydrogens is 636 g/mol. The number of benzene rings is 3. The molecule has 1 aromatic heterocycles. The lowest BCUT2D eigenvalue weighted by atomic mass is 9.80. The minimum Gasteiger partial charge on any atom is -0.497 e.